The molecule has 0 atom stereocenters. The number of tetrazole rings is 1. The first-order valence-corrected chi connectivity index (χ1v) is 6.25. The van der Waals surface area contributed by atoms with Crippen molar-refractivity contribution in [2.75, 3.05) is 5.75 Å². The highest BCUT2D eigenvalue weighted by Gasteiger charge is 2.10. The third kappa shape index (κ3) is 3.13. The Morgan fingerprint density at radius 3 is 2.89 bits per heavy atom. The van der Waals surface area contributed by atoms with E-state index in [9.17, 15) is 9.18 Å². The number of hydrogen-bond donors (Lipinski definition) is 0. The van der Waals surface area contributed by atoms with Crippen molar-refractivity contribution in [1.82, 2.24) is 20.2 Å². The van der Waals surface area contributed by atoms with E-state index in [0.29, 0.717) is 10.7 Å². The monoisotopic (exact) mass is 266 g/mol. The van der Waals surface area contributed by atoms with E-state index in [2.05, 4.69) is 15.5 Å². The van der Waals surface area contributed by atoms with Crippen molar-refractivity contribution in [3.8, 4) is 0 Å². The van der Waals surface area contributed by atoms with Crippen molar-refractivity contribution in [3.05, 3.63) is 35.6 Å². The quantitative estimate of drug-likeness (QED) is 0.762. The minimum absolute atomic E-state index is 0.0619. The van der Waals surface area contributed by atoms with Gasteiger partial charge >= 0.3 is 0 Å². The van der Waals surface area contributed by atoms with Gasteiger partial charge in [0.05, 0.1) is 5.75 Å². The molecule has 18 heavy (non-hydrogen) atoms. The van der Waals surface area contributed by atoms with Crippen LogP contribution in [0.1, 0.15) is 5.56 Å². The molecule has 0 saturated carbocycles. The standard InChI is InChI=1S/C11H11FN4OS/c1-16-11(13-14-15-16)18-7-9(17)6-8-4-2-3-5-10(8)12/h2-5H,6-7H2,1H3. The lowest BCUT2D eigenvalue weighted by atomic mass is 10.1. The van der Waals surface area contributed by atoms with E-state index in [4.69, 9.17) is 0 Å². The van der Waals surface area contributed by atoms with E-state index in [-0.39, 0.29) is 23.8 Å². The fraction of sp³-hybridized carbons (Fsp3) is 0.273. The molecule has 0 unspecified atom stereocenters. The van der Waals surface area contributed by atoms with Gasteiger partial charge in [0.1, 0.15) is 11.6 Å². The van der Waals surface area contributed by atoms with Gasteiger partial charge in [-0.1, -0.05) is 30.0 Å². The summed E-state index contributed by atoms with van der Waals surface area (Å²) in [5, 5.41) is 11.4. The lowest BCUT2D eigenvalue weighted by molar-refractivity contribution is -0.116. The van der Waals surface area contributed by atoms with Crippen molar-refractivity contribution in [1.29, 1.82) is 0 Å². The number of Topliss-reactive ketones (excluding diaryl/α,β-unsaturated/α-hetero) is 1. The van der Waals surface area contributed by atoms with Crippen LogP contribution in [0.2, 0.25) is 0 Å². The second kappa shape index (κ2) is 5.72. The van der Waals surface area contributed by atoms with Gasteiger partial charge in [-0.15, -0.1) is 5.10 Å². The second-order valence-electron chi connectivity index (χ2n) is 3.68. The van der Waals surface area contributed by atoms with Gasteiger partial charge in [0.2, 0.25) is 5.16 Å². The fourth-order valence-corrected chi connectivity index (χ4v) is 2.10. The first kappa shape index (κ1) is 12.7. The van der Waals surface area contributed by atoms with E-state index in [1.165, 1.54) is 22.5 Å². The number of rotatable bonds is 5. The fourth-order valence-electron chi connectivity index (χ4n) is 1.39. The van der Waals surface area contributed by atoms with Crippen LogP contribution in [0.15, 0.2) is 29.4 Å². The van der Waals surface area contributed by atoms with Crippen LogP contribution in [0.4, 0.5) is 4.39 Å². The third-order valence-corrected chi connectivity index (χ3v) is 3.36. The van der Waals surface area contributed by atoms with Gasteiger partial charge in [-0.2, -0.15) is 0 Å². The zero-order chi connectivity index (χ0) is 13.0. The first-order valence-electron chi connectivity index (χ1n) is 5.27. The number of benzene rings is 1. The van der Waals surface area contributed by atoms with Crippen LogP contribution in [0.25, 0.3) is 0 Å². The van der Waals surface area contributed by atoms with Gasteiger partial charge in [0, 0.05) is 13.5 Å². The van der Waals surface area contributed by atoms with Crippen LogP contribution in [0.3, 0.4) is 0 Å². The predicted molar refractivity (Wildman–Crippen MR) is 64.6 cm³/mol. The van der Waals surface area contributed by atoms with Crippen molar-refractivity contribution < 1.29 is 9.18 Å². The molecule has 2 aromatic rings. The number of carbonyl (C=O) groups excluding carboxylic acids is 1. The summed E-state index contributed by atoms with van der Waals surface area (Å²) >= 11 is 1.24. The minimum atomic E-state index is -0.351. The highest BCUT2D eigenvalue weighted by molar-refractivity contribution is 7.99. The Labute approximate surface area is 107 Å². The molecular formula is C11H11FN4OS. The summed E-state index contributed by atoms with van der Waals surface area (Å²) in [6, 6.07) is 6.28. The Kier molecular flexibility index (Phi) is 4.03. The van der Waals surface area contributed by atoms with E-state index >= 15 is 0 Å². The molecule has 0 aliphatic heterocycles. The maximum absolute atomic E-state index is 13.3. The molecule has 2 rings (SSSR count). The molecule has 0 saturated heterocycles. The van der Waals surface area contributed by atoms with Crippen molar-refractivity contribution >= 4 is 17.5 Å². The number of carbonyl (C=O) groups is 1. The smallest absolute Gasteiger partial charge is 0.209 e. The number of halogens is 1. The molecule has 0 amide bonds. The third-order valence-electron chi connectivity index (χ3n) is 2.29. The molecule has 0 spiro atoms. The summed E-state index contributed by atoms with van der Waals surface area (Å²) in [6.45, 7) is 0. The van der Waals surface area contributed by atoms with E-state index < -0.39 is 0 Å². The van der Waals surface area contributed by atoms with Crippen molar-refractivity contribution in [3.63, 3.8) is 0 Å². The lowest BCUT2D eigenvalue weighted by Crippen LogP contribution is -2.08. The Morgan fingerprint density at radius 1 is 1.44 bits per heavy atom. The molecule has 1 aromatic heterocycles. The van der Waals surface area contributed by atoms with E-state index in [0.717, 1.165) is 0 Å². The van der Waals surface area contributed by atoms with Crippen molar-refractivity contribution in [2.24, 2.45) is 7.05 Å². The minimum Gasteiger partial charge on any atom is -0.298 e. The number of hydrogen-bond acceptors (Lipinski definition) is 5. The number of aryl methyl sites for hydroxylation is 1. The average Bonchev–Trinajstić information content (AvgIpc) is 2.75. The molecular weight excluding hydrogens is 255 g/mol. The molecule has 0 aliphatic rings. The van der Waals surface area contributed by atoms with Crippen LogP contribution < -0.4 is 0 Å². The number of thioether (sulfide) groups is 1. The van der Waals surface area contributed by atoms with Crippen LogP contribution in [-0.4, -0.2) is 31.7 Å². The van der Waals surface area contributed by atoms with Gasteiger partial charge in [-0.3, -0.25) is 4.79 Å². The number of nitrogens with zero attached hydrogens (tertiary/aromatic N) is 4. The molecule has 1 heterocycles. The van der Waals surface area contributed by atoms with Crippen LogP contribution >= 0.6 is 11.8 Å². The molecule has 5 nitrogen and oxygen atoms in total. The van der Waals surface area contributed by atoms with Crippen LogP contribution in [-0.2, 0) is 18.3 Å². The second-order valence-corrected chi connectivity index (χ2v) is 4.62. The Hall–Kier alpha value is -1.76. The van der Waals surface area contributed by atoms with Gasteiger partial charge in [-0.05, 0) is 22.1 Å². The Bertz CT molecular complexity index is 557. The maximum atomic E-state index is 13.3. The summed E-state index contributed by atoms with van der Waals surface area (Å²) in [4.78, 5) is 11.7. The SMILES string of the molecule is Cn1nnnc1SCC(=O)Cc1ccccc1F. The molecule has 1 aromatic carbocycles. The molecule has 0 N–H and O–H groups in total. The molecule has 94 valence electrons. The molecule has 0 radical (unpaired) electrons. The van der Waals surface area contributed by atoms with E-state index in [1.54, 1.807) is 25.2 Å². The topological polar surface area (TPSA) is 60.7 Å². The van der Waals surface area contributed by atoms with Crippen LogP contribution in [0.5, 0.6) is 0 Å². The summed E-state index contributed by atoms with van der Waals surface area (Å²) in [5.41, 5.74) is 0.416. The van der Waals surface area contributed by atoms with Crippen LogP contribution in [0, 0.1) is 5.82 Å². The Balaban J connectivity index is 1.90. The zero-order valence-corrected chi connectivity index (χ0v) is 10.5. The molecule has 0 fully saturated rings. The highest BCUT2D eigenvalue weighted by atomic mass is 32.2. The summed E-state index contributed by atoms with van der Waals surface area (Å²) in [5.74, 6) is -0.188. The maximum Gasteiger partial charge on any atom is 0.209 e. The average molecular weight is 266 g/mol. The highest BCUT2D eigenvalue weighted by Crippen LogP contribution is 2.14. The first-order chi connectivity index (χ1) is 8.66. The van der Waals surface area contributed by atoms with Crippen molar-refractivity contribution in [2.45, 2.75) is 11.6 Å². The zero-order valence-electron chi connectivity index (χ0n) is 9.71. The largest absolute Gasteiger partial charge is 0.298 e. The molecule has 0 aliphatic carbocycles. The normalized spacial score (nSPS) is 10.6. The molecule has 0 bridgehead atoms. The summed E-state index contributed by atoms with van der Waals surface area (Å²) < 4.78 is 14.8. The van der Waals surface area contributed by atoms with E-state index in [1.807, 2.05) is 0 Å². The molecule has 7 heteroatoms. The summed E-state index contributed by atoms with van der Waals surface area (Å²) in [7, 11) is 1.70. The predicted octanol–water partition coefficient (Wildman–Crippen LogP) is 1.25. The van der Waals surface area contributed by atoms with Gasteiger partial charge < -0.3 is 0 Å². The number of ketones is 1. The summed E-state index contributed by atoms with van der Waals surface area (Å²) in [6.07, 6.45) is 0.0882. The van der Waals surface area contributed by atoms with Gasteiger partial charge in [0.25, 0.3) is 0 Å². The van der Waals surface area contributed by atoms with Gasteiger partial charge in [-0.25, -0.2) is 9.07 Å². The number of aromatic nitrogens is 4. The van der Waals surface area contributed by atoms with Gasteiger partial charge in [0.15, 0.2) is 0 Å². The Morgan fingerprint density at radius 2 is 2.22 bits per heavy atom. The lowest BCUT2D eigenvalue weighted by Gasteiger charge is -2.02.